The number of β-amino-alcohol motifs (C(OH)–C–C–N with tert-alkyl or cyclic N) is 1. The van der Waals surface area contributed by atoms with Gasteiger partial charge in [-0.15, -0.1) is 11.3 Å². The van der Waals surface area contributed by atoms with Gasteiger partial charge in [-0.25, -0.2) is 4.98 Å². The zero-order valence-corrected chi connectivity index (χ0v) is 12.4. The molecule has 1 atom stereocenters. The largest absolute Gasteiger partial charge is 0.385 e. The highest BCUT2D eigenvalue weighted by Crippen LogP contribution is 2.20. The van der Waals surface area contributed by atoms with E-state index >= 15 is 0 Å². The van der Waals surface area contributed by atoms with Gasteiger partial charge >= 0.3 is 0 Å². The molecule has 0 radical (unpaired) electrons. The molecule has 3 heterocycles. The highest BCUT2D eigenvalue weighted by atomic mass is 32.1. The van der Waals surface area contributed by atoms with E-state index in [4.69, 9.17) is 4.74 Å². The summed E-state index contributed by atoms with van der Waals surface area (Å²) in [5, 5.41) is 17.0. The number of hydrogen-bond donors (Lipinski definition) is 2. The molecule has 3 rings (SSSR count). The molecule has 0 saturated carbocycles. The van der Waals surface area contributed by atoms with E-state index in [1.165, 1.54) is 0 Å². The summed E-state index contributed by atoms with van der Waals surface area (Å²) in [6.07, 6.45) is 1.85. The monoisotopic (exact) mass is 298 g/mol. The van der Waals surface area contributed by atoms with Gasteiger partial charge in [0.15, 0.2) is 5.13 Å². The van der Waals surface area contributed by atoms with Gasteiger partial charge < -0.3 is 20.1 Å². The lowest BCUT2D eigenvalue weighted by atomic mass is 10.0. The van der Waals surface area contributed by atoms with Crippen LogP contribution in [0.25, 0.3) is 0 Å². The van der Waals surface area contributed by atoms with Crippen LogP contribution in [0.4, 0.5) is 5.13 Å². The van der Waals surface area contributed by atoms with E-state index in [1.807, 2.05) is 11.6 Å². The molecule has 0 amide bonds. The maximum absolute atomic E-state index is 10.6. The second-order valence-corrected chi connectivity index (χ2v) is 6.40. The molecular weight excluding hydrogens is 276 g/mol. The van der Waals surface area contributed by atoms with Gasteiger partial charge in [0.05, 0.1) is 13.2 Å². The number of nitrogens with zero attached hydrogens (tertiary/aromatic N) is 3. The quantitative estimate of drug-likeness (QED) is 0.793. The maximum atomic E-state index is 10.6. The molecule has 0 aliphatic carbocycles. The Hall–Kier alpha value is -0.730. The highest BCUT2D eigenvalue weighted by Gasteiger charge is 2.32. The van der Waals surface area contributed by atoms with Gasteiger partial charge in [0.2, 0.25) is 0 Å². The number of piperazine rings is 1. The van der Waals surface area contributed by atoms with Gasteiger partial charge in [-0.1, -0.05) is 0 Å². The Morgan fingerprint density at radius 2 is 2.25 bits per heavy atom. The van der Waals surface area contributed by atoms with Crippen LogP contribution in [0, 0.1) is 0 Å². The van der Waals surface area contributed by atoms with Crippen LogP contribution >= 0.6 is 11.3 Å². The summed E-state index contributed by atoms with van der Waals surface area (Å²) in [7, 11) is 0. The molecule has 2 aliphatic heterocycles. The van der Waals surface area contributed by atoms with E-state index in [1.54, 1.807) is 11.3 Å². The van der Waals surface area contributed by atoms with Crippen molar-refractivity contribution >= 4 is 16.5 Å². The van der Waals surface area contributed by atoms with Crippen LogP contribution in [0.1, 0.15) is 0 Å². The number of aliphatic hydroxyl groups is 1. The molecule has 0 bridgehead atoms. The van der Waals surface area contributed by atoms with Crippen molar-refractivity contribution in [1.82, 2.24) is 15.2 Å². The number of nitrogens with one attached hydrogen (secondary N) is 1. The smallest absolute Gasteiger partial charge is 0.185 e. The van der Waals surface area contributed by atoms with Gasteiger partial charge in [0.25, 0.3) is 0 Å². The Labute approximate surface area is 123 Å². The molecule has 6 nitrogen and oxygen atoms in total. The molecule has 112 valence electrons. The van der Waals surface area contributed by atoms with Gasteiger partial charge in [0.1, 0.15) is 5.60 Å². The molecule has 0 unspecified atom stereocenters. The van der Waals surface area contributed by atoms with Crippen molar-refractivity contribution in [2.24, 2.45) is 0 Å². The minimum atomic E-state index is -0.764. The molecule has 20 heavy (non-hydrogen) atoms. The number of thiazole rings is 1. The molecule has 1 aromatic rings. The SMILES string of the molecule is O[C@]1(CN2CCN(c3nccs3)CC2)CNCCOC1. The van der Waals surface area contributed by atoms with E-state index in [-0.39, 0.29) is 0 Å². The minimum absolute atomic E-state index is 0.423. The van der Waals surface area contributed by atoms with E-state index in [2.05, 4.69) is 20.1 Å². The van der Waals surface area contributed by atoms with Gasteiger partial charge in [-0.05, 0) is 0 Å². The zero-order chi connectivity index (χ0) is 13.8. The Kier molecular flexibility index (Phi) is 4.52. The van der Waals surface area contributed by atoms with Crippen molar-refractivity contribution in [3.8, 4) is 0 Å². The van der Waals surface area contributed by atoms with Crippen LogP contribution in [0.3, 0.4) is 0 Å². The van der Waals surface area contributed by atoms with Crippen LogP contribution in [0.15, 0.2) is 11.6 Å². The summed E-state index contributed by atoms with van der Waals surface area (Å²) in [4.78, 5) is 8.99. The third-order valence-corrected chi connectivity index (χ3v) is 4.66. The van der Waals surface area contributed by atoms with Crippen molar-refractivity contribution in [3.63, 3.8) is 0 Å². The molecular formula is C13H22N4O2S. The first-order valence-electron chi connectivity index (χ1n) is 7.13. The number of aromatic nitrogens is 1. The van der Waals surface area contributed by atoms with Gasteiger partial charge in [-0.3, -0.25) is 4.90 Å². The van der Waals surface area contributed by atoms with Crippen LogP contribution in [-0.4, -0.2) is 79.6 Å². The zero-order valence-electron chi connectivity index (χ0n) is 11.6. The van der Waals surface area contributed by atoms with E-state index in [0.717, 1.165) is 37.9 Å². The predicted octanol–water partition coefficient (Wildman–Crippen LogP) is -0.384. The van der Waals surface area contributed by atoms with E-state index in [0.29, 0.717) is 26.3 Å². The summed E-state index contributed by atoms with van der Waals surface area (Å²) < 4.78 is 5.47. The number of anilines is 1. The summed E-state index contributed by atoms with van der Waals surface area (Å²) in [6, 6.07) is 0. The molecule has 0 aromatic carbocycles. The van der Waals surface area contributed by atoms with Crippen molar-refractivity contribution in [2.45, 2.75) is 5.60 Å². The highest BCUT2D eigenvalue weighted by molar-refractivity contribution is 7.13. The molecule has 2 fully saturated rings. The number of rotatable bonds is 3. The van der Waals surface area contributed by atoms with Crippen LogP contribution < -0.4 is 10.2 Å². The summed E-state index contributed by atoms with van der Waals surface area (Å²) >= 11 is 1.69. The first-order chi connectivity index (χ1) is 9.75. The first kappa shape index (κ1) is 14.2. The molecule has 2 saturated heterocycles. The summed E-state index contributed by atoms with van der Waals surface area (Å²) in [6.45, 7) is 7.07. The molecule has 2 N–H and O–H groups in total. The lowest BCUT2D eigenvalue weighted by Crippen LogP contribution is -2.56. The Bertz CT molecular complexity index is 399. The summed E-state index contributed by atoms with van der Waals surface area (Å²) in [5.41, 5.74) is -0.764. The normalized spacial score (nSPS) is 29.4. The van der Waals surface area contributed by atoms with Crippen LogP contribution in [-0.2, 0) is 4.74 Å². The Morgan fingerprint density at radius 1 is 1.40 bits per heavy atom. The lowest BCUT2D eigenvalue weighted by molar-refractivity contribution is -0.0495. The number of ether oxygens (including phenoxy) is 1. The molecule has 7 heteroatoms. The first-order valence-corrected chi connectivity index (χ1v) is 8.01. The lowest BCUT2D eigenvalue weighted by Gasteiger charge is -2.38. The Morgan fingerprint density at radius 3 is 3.00 bits per heavy atom. The fraction of sp³-hybridized carbons (Fsp3) is 0.769. The second kappa shape index (κ2) is 6.36. The van der Waals surface area contributed by atoms with Crippen molar-refractivity contribution in [3.05, 3.63) is 11.6 Å². The fourth-order valence-corrected chi connectivity index (χ4v) is 3.46. The third kappa shape index (κ3) is 3.48. The molecule has 1 aromatic heterocycles. The van der Waals surface area contributed by atoms with Gasteiger partial charge in [-0.2, -0.15) is 0 Å². The Balaban J connectivity index is 1.50. The van der Waals surface area contributed by atoms with Crippen molar-refractivity contribution in [2.75, 3.05) is 63.9 Å². The summed E-state index contributed by atoms with van der Waals surface area (Å²) in [5.74, 6) is 0. The van der Waals surface area contributed by atoms with Crippen LogP contribution in [0.2, 0.25) is 0 Å². The van der Waals surface area contributed by atoms with Gasteiger partial charge in [0, 0.05) is 57.4 Å². The predicted molar refractivity (Wildman–Crippen MR) is 79.4 cm³/mol. The van der Waals surface area contributed by atoms with Crippen LogP contribution in [0.5, 0.6) is 0 Å². The average molecular weight is 298 g/mol. The minimum Gasteiger partial charge on any atom is -0.385 e. The second-order valence-electron chi connectivity index (χ2n) is 5.53. The fourth-order valence-electron chi connectivity index (χ4n) is 2.77. The van der Waals surface area contributed by atoms with Crippen molar-refractivity contribution < 1.29 is 9.84 Å². The standard InChI is InChI=1S/C13H22N4O2S/c18-13(9-14-1-7-19-11-13)10-16-3-5-17(6-4-16)12-15-2-8-20-12/h2,8,14,18H,1,3-7,9-11H2/t13-/m0/s1. The maximum Gasteiger partial charge on any atom is 0.185 e. The molecule has 0 spiro atoms. The molecule has 2 aliphatic rings. The van der Waals surface area contributed by atoms with Crippen molar-refractivity contribution in [1.29, 1.82) is 0 Å². The topological polar surface area (TPSA) is 60.9 Å². The van der Waals surface area contributed by atoms with E-state index in [9.17, 15) is 5.11 Å². The number of hydrogen-bond acceptors (Lipinski definition) is 7. The van der Waals surface area contributed by atoms with E-state index < -0.39 is 5.60 Å². The average Bonchev–Trinajstić information content (AvgIpc) is 2.90. The third-order valence-electron chi connectivity index (χ3n) is 3.83.